The molecule has 0 bridgehead atoms. The van der Waals surface area contributed by atoms with Gasteiger partial charge in [-0.3, -0.25) is 9.78 Å². The number of fused-ring (bicyclic) bond motifs is 1. The van der Waals surface area contributed by atoms with Gasteiger partial charge in [0.05, 0.1) is 29.1 Å². The first-order valence-electron chi connectivity index (χ1n) is 7.23. The fraction of sp³-hybridized carbons (Fsp3) is 0.214. The molecule has 2 N–H and O–H groups in total. The van der Waals surface area contributed by atoms with Crippen molar-refractivity contribution in [1.82, 2.24) is 24.9 Å². The topological polar surface area (TPSA) is 131 Å². The molecule has 0 radical (unpaired) electrons. The number of pyridine rings is 1. The smallest absolute Gasteiger partial charge is 0.292 e. The van der Waals surface area contributed by atoms with Crippen molar-refractivity contribution in [2.75, 3.05) is 11.1 Å². The highest BCUT2D eigenvalue weighted by molar-refractivity contribution is 7.91. The van der Waals surface area contributed by atoms with Crippen LogP contribution >= 0.6 is 11.6 Å². The quantitative estimate of drug-likeness (QED) is 0.630. The number of nitrogens with one attached hydrogen (secondary N) is 2. The van der Waals surface area contributed by atoms with E-state index in [9.17, 15) is 13.2 Å². The number of hydrogen-bond donors (Lipinski definition) is 2. The maximum Gasteiger partial charge on any atom is 0.292 e. The normalized spacial score (nSPS) is 11.6. The van der Waals surface area contributed by atoms with E-state index in [1.165, 1.54) is 18.5 Å². The highest BCUT2D eigenvalue weighted by Gasteiger charge is 2.12. The summed E-state index contributed by atoms with van der Waals surface area (Å²) in [4.78, 5) is 30.6. The molecule has 0 amide bonds. The van der Waals surface area contributed by atoms with Crippen LogP contribution in [0.4, 0.5) is 5.82 Å². The van der Waals surface area contributed by atoms with Gasteiger partial charge < -0.3 is 10.3 Å². The number of aromatic amines is 1. The summed E-state index contributed by atoms with van der Waals surface area (Å²) in [5.41, 5.74) is 0.711. The molecule has 3 aromatic heterocycles. The summed E-state index contributed by atoms with van der Waals surface area (Å²) in [5, 5.41) is 2.86. The Morgan fingerprint density at radius 2 is 2.00 bits per heavy atom. The molecule has 0 saturated carbocycles. The van der Waals surface area contributed by atoms with Crippen molar-refractivity contribution in [3.8, 4) is 0 Å². The third-order valence-corrected chi connectivity index (χ3v) is 5.29. The predicted octanol–water partition coefficient (Wildman–Crippen LogP) is 1.17. The molecule has 130 valence electrons. The SMILES string of the molecule is CCS(=O)(=O)c1ccc(CNc2nc3cnc(Cl)nc3[nH]c2=O)nc1. The van der Waals surface area contributed by atoms with Gasteiger partial charge in [-0.25, -0.2) is 18.4 Å². The molecular weight excluding hydrogens is 368 g/mol. The Bertz CT molecular complexity index is 1080. The molecule has 25 heavy (non-hydrogen) atoms. The zero-order chi connectivity index (χ0) is 18.0. The molecule has 0 aliphatic carbocycles. The van der Waals surface area contributed by atoms with Crippen LogP contribution in [0.1, 0.15) is 12.6 Å². The van der Waals surface area contributed by atoms with Crippen LogP contribution in [-0.2, 0) is 16.4 Å². The summed E-state index contributed by atoms with van der Waals surface area (Å²) in [6.07, 6.45) is 2.69. The first-order valence-corrected chi connectivity index (χ1v) is 9.26. The second kappa shape index (κ2) is 6.73. The molecule has 0 saturated heterocycles. The number of aromatic nitrogens is 5. The molecule has 0 spiro atoms. The first kappa shape index (κ1) is 17.2. The minimum atomic E-state index is -3.29. The van der Waals surface area contributed by atoms with Gasteiger partial charge in [0, 0.05) is 6.20 Å². The van der Waals surface area contributed by atoms with Crippen molar-refractivity contribution >= 4 is 38.4 Å². The summed E-state index contributed by atoms with van der Waals surface area (Å²) < 4.78 is 23.5. The van der Waals surface area contributed by atoms with Gasteiger partial charge in [-0.2, -0.15) is 4.98 Å². The zero-order valence-electron chi connectivity index (χ0n) is 13.0. The number of hydrogen-bond acceptors (Lipinski definition) is 8. The van der Waals surface area contributed by atoms with Crippen LogP contribution in [0.25, 0.3) is 11.2 Å². The molecule has 0 aromatic carbocycles. The van der Waals surface area contributed by atoms with Gasteiger partial charge in [0.25, 0.3) is 5.56 Å². The fourth-order valence-corrected chi connectivity index (χ4v) is 2.98. The van der Waals surface area contributed by atoms with Crippen LogP contribution in [0.5, 0.6) is 0 Å². The molecule has 9 nitrogen and oxygen atoms in total. The summed E-state index contributed by atoms with van der Waals surface area (Å²) in [6.45, 7) is 1.77. The Hall–Kier alpha value is -2.59. The van der Waals surface area contributed by atoms with E-state index < -0.39 is 15.4 Å². The van der Waals surface area contributed by atoms with Crippen LogP contribution < -0.4 is 10.9 Å². The molecule has 3 heterocycles. The van der Waals surface area contributed by atoms with E-state index in [-0.39, 0.29) is 33.9 Å². The van der Waals surface area contributed by atoms with Crippen LogP contribution in [0.2, 0.25) is 5.28 Å². The molecule has 3 aromatic rings. The largest absolute Gasteiger partial charge is 0.360 e. The Kier molecular flexibility index (Phi) is 4.64. The van der Waals surface area contributed by atoms with Crippen molar-refractivity contribution in [2.45, 2.75) is 18.4 Å². The highest BCUT2D eigenvalue weighted by Crippen LogP contribution is 2.11. The minimum Gasteiger partial charge on any atom is -0.360 e. The van der Waals surface area contributed by atoms with E-state index in [0.29, 0.717) is 11.2 Å². The third-order valence-electron chi connectivity index (χ3n) is 3.39. The number of rotatable bonds is 5. The summed E-state index contributed by atoms with van der Waals surface area (Å²) in [5.74, 6) is 0.0832. The number of anilines is 1. The van der Waals surface area contributed by atoms with Crippen LogP contribution in [-0.4, -0.2) is 39.1 Å². The average molecular weight is 381 g/mol. The van der Waals surface area contributed by atoms with Gasteiger partial charge >= 0.3 is 0 Å². The zero-order valence-corrected chi connectivity index (χ0v) is 14.6. The molecule has 0 atom stereocenters. The van der Waals surface area contributed by atoms with E-state index in [1.54, 1.807) is 13.0 Å². The van der Waals surface area contributed by atoms with Crippen molar-refractivity contribution < 1.29 is 8.42 Å². The Morgan fingerprint density at radius 1 is 1.20 bits per heavy atom. The standard InChI is InChI=1S/C14H13ClN6O3S/c1-2-25(23,24)9-4-3-8(16-6-9)5-17-12-13(22)20-11-10(19-12)7-18-14(15)21-11/h3-4,6-7H,2,5H2,1H3,(H,17,19)(H,18,20,21,22). The monoisotopic (exact) mass is 380 g/mol. The summed E-state index contributed by atoms with van der Waals surface area (Å²) in [6, 6.07) is 3.06. The van der Waals surface area contributed by atoms with Crippen molar-refractivity contribution in [3.63, 3.8) is 0 Å². The molecule has 0 aliphatic heterocycles. The molecule has 11 heteroatoms. The first-order chi connectivity index (χ1) is 11.9. The Morgan fingerprint density at radius 3 is 2.68 bits per heavy atom. The van der Waals surface area contributed by atoms with E-state index in [4.69, 9.17) is 11.6 Å². The van der Waals surface area contributed by atoms with Crippen molar-refractivity contribution in [2.24, 2.45) is 0 Å². The second-order valence-corrected chi connectivity index (χ2v) is 7.65. The number of nitrogens with zero attached hydrogens (tertiary/aromatic N) is 4. The van der Waals surface area contributed by atoms with Crippen molar-refractivity contribution in [3.05, 3.63) is 45.9 Å². The fourth-order valence-electron chi connectivity index (χ4n) is 2.03. The van der Waals surface area contributed by atoms with Crippen LogP contribution in [0.3, 0.4) is 0 Å². The molecule has 0 fully saturated rings. The van der Waals surface area contributed by atoms with E-state index in [2.05, 4.69) is 30.2 Å². The Balaban J connectivity index is 1.80. The Labute approximate surface area is 147 Å². The van der Waals surface area contributed by atoms with E-state index >= 15 is 0 Å². The van der Waals surface area contributed by atoms with Gasteiger partial charge in [0.15, 0.2) is 21.3 Å². The average Bonchev–Trinajstić information content (AvgIpc) is 2.60. The lowest BCUT2D eigenvalue weighted by Gasteiger charge is -2.06. The van der Waals surface area contributed by atoms with Gasteiger partial charge in [0.1, 0.15) is 5.52 Å². The lowest BCUT2D eigenvalue weighted by Crippen LogP contribution is -2.17. The molecule has 3 rings (SSSR count). The van der Waals surface area contributed by atoms with E-state index in [0.717, 1.165) is 0 Å². The van der Waals surface area contributed by atoms with E-state index in [1.807, 2.05) is 0 Å². The summed E-state index contributed by atoms with van der Waals surface area (Å²) >= 11 is 5.67. The van der Waals surface area contributed by atoms with Gasteiger partial charge in [-0.15, -0.1) is 0 Å². The number of sulfone groups is 1. The molecular formula is C14H13ClN6O3S. The van der Waals surface area contributed by atoms with Gasteiger partial charge in [-0.1, -0.05) is 6.92 Å². The molecule has 0 aliphatic rings. The minimum absolute atomic E-state index is 0.00868. The number of H-pyrrole nitrogens is 1. The highest BCUT2D eigenvalue weighted by atomic mass is 35.5. The lowest BCUT2D eigenvalue weighted by atomic mass is 10.3. The lowest BCUT2D eigenvalue weighted by molar-refractivity contribution is 0.596. The summed E-state index contributed by atoms with van der Waals surface area (Å²) in [7, 11) is -3.29. The van der Waals surface area contributed by atoms with Gasteiger partial charge in [0.2, 0.25) is 5.28 Å². The third kappa shape index (κ3) is 3.74. The second-order valence-electron chi connectivity index (χ2n) is 5.03. The van der Waals surface area contributed by atoms with Crippen LogP contribution in [0, 0.1) is 0 Å². The number of halogens is 1. The maximum atomic E-state index is 12.0. The molecule has 0 unspecified atom stereocenters. The predicted molar refractivity (Wildman–Crippen MR) is 92.3 cm³/mol. The van der Waals surface area contributed by atoms with Crippen molar-refractivity contribution in [1.29, 1.82) is 0 Å². The maximum absolute atomic E-state index is 12.0. The van der Waals surface area contributed by atoms with Crippen LogP contribution in [0.15, 0.2) is 34.2 Å². The van der Waals surface area contributed by atoms with Gasteiger partial charge in [-0.05, 0) is 23.7 Å².